The Morgan fingerprint density at radius 1 is 1.09 bits per heavy atom. The average Bonchev–Trinajstić information content (AvgIpc) is 3.25. The molecule has 33 heavy (non-hydrogen) atoms. The molecule has 176 valence electrons. The normalized spacial score (nSPS) is 15.6. The predicted octanol–water partition coefficient (Wildman–Crippen LogP) is 4.12. The van der Waals surface area contributed by atoms with Crippen LogP contribution in [0.5, 0.6) is 0 Å². The fourth-order valence-electron chi connectivity index (χ4n) is 3.42. The second-order valence-electron chi connectivity index (χ2n) is 7.83. The number of anilines is 3. The molecule has 3 heterocycles. The van der Waals surface area contributed by atoms with Crippen LogP contribution in [0.4, 0.5) is 30.5 Å². The number of likely N-dealkylation sites (N-methyl/N-ethyl adjacent to an activating group) is 1. The van der Waals surface area contributed by atoms with Gasteiger partial charge in [0.2, 0.25) is 5.95 Å². The van der Waals surface area contributed by atoms with Crippen molar-refractivity contribution < 1.29 is 21.6 Å². The zero-order valence-electron chi connectivity index (χ0n) is 17.9. The number of aromatic nitrogens is 2. The number of nitrogens with zero attached hydrogens (tertiary/aromatic N) is 4. The Morgan fingerprint density at radius 3 is 2.33 bits per heavy atom. The fourth-order valence-corrected chi connectivity index (χ4v) is 5.45. The predicted molar refractivity (Wildman–Crippen MR) is 123 cm³/mol. The van der Waals surface area contributed by atoms with Gasteiger partial charge in [-0.15, -0.1) is 11.3 Å². The van der Waals surface area contributed by atoms with Crippen molar-refractivity contribution in [1.82, 2.24) is 14.9 Å². The van der Waals surface area contributed by atoms with Gasteiger partial charge in [-0.2, -0.15) is 13.2 Å². The van der Waals surface area contributed by atoms with Crippen LogP contribution in [0.15, 0.2) is 46.8 Å². The minimum absolute atomic E-state index is 0.0142. The van der Waals surface area contributed by atoms with Crippen molar-refractivity contribution in [1.29, 1.82) is 0 Å². The Kier molecular flexibility index (Phi) is 6.34. The highest BCUT2D eigenvalue weighted by molar-refractivity contribution is 7.90. The summed E-state index contributed by atoms with van der Waals surface area (Å²) in [6.07, 6.45) is -2.97. The first-order chi connectivity index (χ1) is 15.5. The maximum absolute atomic E-state index is 13.6. The molecule has 4 rings (SSSR count). The van der Waals surface area contributed by atoms with Crippen LogP contribution in [0.2, 0.25) is 0 Å². The summed E-state index contributed by atoms with van der Waals surface area (Å²) in [7, 11) is -1.47. The van der Waals surface area contributed by atoms with Gasteiger partial charge >= 0.3 is 6.18 Å². The fraction of sp³-hybridized carbons (Fsp3) is 0.333. The second kappa shape index (κ2) is 8.92. The van der Waals surface area contributed by atoms with E-state index in [2.05, 4.69) is 32.1 Å². The highest BCUT2D eigenvalue weighted by atomic mass is 32.2. The Labute approximate surface area is 193 Å². The molecule has 0 spiro atoms. The highest BCUT2D eigenvalue weighted by Gasteiger charge is 2.36. The van der Waals surface area contributed by atoms with E-state index in [0.717, 1.165) is 49.5 Å². The van der Waals surface area contributed by atoms with Crippen molar-refractivity contribution in [2.75, 3.05) is 49.7 Å². The minimum Gasteiger partial charge on any atom is -0.369 e. The molecule has 1 aliphatic heterocycles. The van der Waals surface area contributed by atoms with Crippen molar-refractivity contribution in [3.8, 4) is 10.6 Å². The maximum Gasteiger partial charge on any atom is 0.420 e. The number of nitrogens with one attached hydrogen (secondary N) is 1. The molecular formula is C21H22F3N5O2S2. The number of rotatable bonds is 5. The Morgan fingerprint density at radius 2 is 1.76 bits per heavy atom. The number of halogens is 3. The van der Waals surface area contributed by atoms with Gasteiger partial charge in [-0.1, -0.05) is 0 Å². The maximum atomic E-state index is 13.6. The van der Waals surface area contributed by atoms with Gasteiger partial charge < -0.3 is 15.1 Å². The van der Waals surface area contributed by atoms with Crippen LogP contribution in [0.1, 0.15) is 5.56 Å². The summed E-state index contributed by atoms with van der Waals surface area (Å²) in [5.74, 6) is -0.0142. The molecule has 3 aromatic rings. The van der Waals surface area contributed by atoms with E-state index in [0.29, 0.717) is 11.9 Å². The second-order valence-corrected chi connectivity index (χ2v) is 10.8. The number of piperazine rings is 1. The lowest BCUT2D eigenvalue weighted by atomic mass is 10.2. The van der Waals surface area contributed by atoms with Gasteiger partial charge in [0.15, 0.2) is 9.84 Å². The number of benzene rings is 1. The summed E-state index contributed by atoms with van der Waals surface area (Å²) < 4.78 is 64.2. The van der Waals surface area contributed by atoms with Crippen LogP contribution in [0.3, 0.4) is 0 Å². The largest absolute Gasteiger partial charge is 0.420 e. The van der Waals surface area contributed by atoms with E-state index in [-0.39, 0.29) is 21.4 Å². The van der Waals surface area contributed by atoms with Crippen LogP contribution in [0, 0.1) is 0 Å². The van der Waals surface area contributed by atoms with E-state index < -0.39 is 21.6 Å². The van der Waals surface area contributed by atoms with Gasteiger partial charge in [0, 0.05) is 55.4 Å². The van der Waals surface area contributed by atoms with E-state index in [1.807, 2.05) is 24.3 Å². The van der Waals surface area contributed by atoms with Gasteiger partial charge in [-0.25, -0.2) is 18.4 Å². The van der Waals surface area contributed by atoms with E-state index >= 15 is 0 Å². The Bertz CT molecular complexity index is 1240. The third-order valence-corrected chi connectivity index (χ3v) is 7.50. The molecule has 2 aromatic heterocycles. The lowest BCUT2D eigenvalue weighted by Crippen LogP contribution is -2.44. The number of alkyl halides is 3. The van der Waals surface area contributed by atoms with Gasteiger partial charge in [-0.3, -0.25) is 0 Å². The molecule has 0 unspecified atom stereocenters. The van der Waals surface area contributed by atoms with Crippen molar-refractivity contribution >= 4 is 38.5 Å². The molecule has 1 N–H and O–H groups in total. The van der Waals surface area contributed by atoms with Gasteiger partial charge in [-0.05, 0) is 37.4 Å². The van der Waals surface area contributed by atoms with Gasteiger partial charge in [0.1, 0.15) is 5.56 Å². The van der Waals surface area contributed by atoms with Crippen molar-refractivity contribution in [2.45, 2.75) is 11.1 Å². The number of hydrogen-bond acceptors (Lipinski definition) is 8. The molecule has 1 aliphatic rings. The molecular weight excluding hydrogens is 475 g/mol. The number of thiophene rings is 1. The molecule has 0 bridgehead atoms. The summed E-state index contributed by atoms with van der Waals surface area (Å²) in [5, 5.41) is 4.24. The first-order valence-electron chi connectivity index (χ1n) is 10.0. The van der Waals surface area contributed by atoms with Crippen molar-refractivity contribution in [3.05, 3.63) is 47.5 Å². The summed E-state index contributed by atoms with van der Waals surface area (Å²) in [4.78, 5) is 12.5. The lowest BCUT2D eigenvalue weighted by molar-refractivity contribution is -0.137. The van der Waals surface area contributed by atoms with E-state index in [9.17, 15) is 21.6 Å². The highest BCUT2D eigenvalue weighted by Crippen LogP contribution is 2.39. The molecule has 12 heteroatoms. The molecule has 0 amide bonds. The third-order valence-electron chi connectivity index (χ3n) is 5.32. The van der Waals surface area contributed by atoms with Crippen LogP contribution in [-0.4, -0.2) is 62.8 Å². The molecule has 0 atom stereocenters. The van der Waals surface area contributed by atoms with Crippen molar-refractivity contribution in [2.24, 2.45) is 0 Å². The smallest absolute Gasteiger partial charge is 0.369 e. The molecule has 1 aromatic carbocycles. The number of sulfone groups is 1. The first kappa shape index (κ1) is 23.5. The topological polar surface area (TPSA) is 78.4 Å². The summed E-state index contributed by atoms with van der Waals surface area (Å²) in [5.41, 5.74) is 0.297. The zero-order chi connectivity index (χ0) is 23.8. The third kappa shape index (κ3) is 5.45. The van der Waals surface area contributed by atoms with Crippen LogP contribution in [0.25, 0.3) is 10.6 Å². The SMILES string of the molecule is CN1CCN(c2ccc(Nc3ncc(C(F)(F)F)c(-c4cc(S(C)(=O)=O)cs4)n3)cc2)CC1. The van der Waals surface area contributed by atoms with Crippen molar-refractivity contribution in [3.63, 3.8) is 0 Å². The molecule has 0 saturated carbocycles. The van der Waals surface area contributed by atoms with Crippen LogP contribution in [-0.2, 0) is 16.0 Å². The quantitative estimate of drug-likeness (QED) is 0.568. The summed E-state index contributed by atoms with van der Waals surface area (Å²) >= 11 is 0.887. The lowest BCUT2D eigenvalue weighted by Gasteiger charge is -2.34. The average molecular weight is 498 g/mol. The first-order valence-corrected chi connectivity index (χ1v) is 12.8. The van der Waals surface area contributed by atoms with E-state index in [4.69, 9.17) is 0 Å². The molecule has 1 saturated heterocycles. The van der Waals surface area contributed by atoms with Crippen LogP contribution < -0.4 is 10.2 Å². The molecule has 0 aliphatic carbocycles. The van der Waals surface area contributed by atoms with E-state index in [1.54, 1.807) is 0 Å². The Balaban J connectivity index is 1.60. The zero-order valence-corrected chi connectivity index (χ0v) is 19.6. The van der Waals surface area contributed by atoms with Gasteiger partial charge in [0.05, 0.1) is 15.5 Å². The Hall–Kier alpha value is -2.70. The monoisotopic (exact) mass is 497 g/mol. The van der Waals surface area contributed by atoms with Gasteiger partial charge in [0.25, 0.3) is 0 Å². The van der Waals surface area contributed by atoms with Crippen LogP contribution >= 0.6 is 11.3 Å². The standard InChI is InChI=1S/C21H22F3N5O2S2/c1-28-7-9-29(10-8-28)15-5-3-14(4-6-15)26-20-25-12-17(21(22,23)24)19(27-20)18-11-16(13-32-18)33(2,30)31/h3-6,11-13H,7-10H2,1-2H3,(H,25,26,27). The summed E-state index contributed by atoms with van der Waals surface area (Å²) in [6, 6.07) is 8.72. The van der Waals surface area contributed by atoms with E-state index in [1.165, 1.54) is 11.4 Å². The molecule has 0 radical (unpaired) electrons. The molecule has 1 fully saturated rings. The molecule has 7 nitrogen and oxygen atoms in total. The minimum atomic E-state index is -4.69. The number of hydrogen-bond donors (Lipinski definition) is 1. The summed E-state index contributed by atoms with van der Waals surface area (Å²) in [6.45, 7) is 3.80.